The maximum Gasteiger partial charge on any atom is 0.221 e. The molecule has 0 fully saturated rings. The molecule has 2 N–H and O–H groups in total. The summed E-state index contributed by atoms with van der Waals surface area (Å²) < 4.78 is 6.20. The summed E-state index contributed by atoms with van der Waals surface area (Å²) in [5.74, 6) is 1.17. The van der Waals surface area contributed by atoms with E-state index in [1.165, 1.54) is 0 Å². The minimum atomic E-state index is 0.366. The predicted molar refractivity (Wildman–Crippen MR) is 72.9 cm³/mol. The summed E-state index contributed by atoms with van der Waals surface area (Å²) in [6.45, 7) is 0. The van der Waals surface area contributed by atoms with E-state index in [9.17, 15) is 0 Å². The zero-order chi connectivity index (χ0) is 12.4. The summed E-state index contributed by atoms with van der Waals surface area (Å²) in [6, 6.07) is 8.36. The second-order valence-electron chi connectivity index (χ2n) is 3.20. The molecule has 0 spiro atoms. The standard InChI is InChI=1S/C11H7BrCl2N2O/c12-6-4-8(14)9(5-7(6)13)17-11-3-1-2-10(15)16-11/h1-5H,(H2,15,16). The van der Waals surface area contributed by atoms with Gasteiger partial charge in [-0.2, -0.15) is 4.98 Å². The molecular formula is C11H7BrCl2N2O. The molecule has 2 aromatic rings. The van der Waals surface area contributed by atoms with Crippen LogP contribution in [0, 0.1) is 0 Å². The Morgan fingerprint density at radius 1 is 1.18 bits per heavy atom. The number of pyridine rings is 1. The van der Waals surface area contributed by atoms with Gasteiger partial charge in [0.15, 0.2) is 0 Å². The van der Waals surface area contributed by atoms with E-state index in [0.717, 1.165) is 0 Å². The minimum absolute atomic E-state index is 0.366. The maximum atomic E-state index is 6.02. The highest BCUT2D eigenvalue weighted by Crippen LogP contribution is 2.36. The Morgan fingerprint density at radius 2 is 1.94 bits per heavy atom. The van der Waals surface area contributed by atoms with Crippen molar-refractivity contribution in [2.24, 2.45) is 0 Å². The van der Waals surface area contributed by atoms with Crippen molar-refractivity contribution in [1.29, 1.82) is 0 Å². The summed E-state index contributed by atoms with van der Waals surface area (Å²) in [5.41, 5.74) is 5.55. The molecule has 1 aromatic heterocycles. The number of aromatic nitrogens is 1. The Hall–Kier alpha value is -0.970. The first-order valence-electron chi connectivity index (χ1n) is 4.61. The van der Waals surface area contributed by atoms with E-state index in [4.69, 9.17) is 33.7 Å². The fourth-order valence-corrected chi connectivity index (χ4v) is 2.01. The molecular weight excluding hydrogens is 327 g/mol. The molecule has 17 heavy (non-hydrogen) atoms. The minimum Gasteiger partial charge on any atom is -0.437 e. The molecule has 1 heterocycles. The Bertz CT molecular complexity index is 563. The van der Waals surface area contributed by atoms with Crippen LogP contribution in [0.4, 0.5) is 5.82 Å². The van der Waals surface area contributed by atoms with E-state index >= 15 is 0 Å². The number of nitrogens with two attached hydrogens (primary N) is 1. The molecule has 2 rings (SSSR count). The van der Waals surface area contributed by atoms with Gasteiger partial charge in [0, 0.05) is 16.6 Å². The van der Waals surface area contributed by atoms with Crippen LogP contribution in [-0.4, -0.2) is 4.98 Å². The van der Waals surface area contributed by atoms with Gasteiger partial charge in [-0.05, 0) is 28.1 Å². The van der Waals surface area contributed by atoms with Gasteiger partial charge in [0.2, 0.25) is 5.88 Å². The van der Waals surface area contributed by atoms with Gasteiger partial charge in [0.1, 0.15) is 11.6 Å². The topological polar surface area (TPSA) is 48.1 Å². The summed E-state index contributed by atoms with van der Waals surface area (Å²) in [7, 11) is 0. The summed E-state index contributed by atoms with van der Waals surface area (Å²) in [6.07, 6.45) is 0. The van der Waals surface area contributed by atoms with Crippen molar-refractivity contribution in [2.45, 2.75) is 0 Å². The monoisotopic (exact) mass is 332 g/mol. The van der Waals surface area contributed by atoms with Crippen LogP contribution in [0.3, 0.4) is 0 Å². The second kappa shape index (κ2) is 5.12. The Labute approximate surface area is 117 Å². The summed E-state index contributed by atoms with van der Waals surface area (Å²) in [4.78, 5) is 4.00. The number of anilines is 1. The number of benzene rings is 1. The third-order valence-electron chi connectivity index (χ3n) is 1.93. The quantitative estimate of drug-likeness (QED) is 0.821. The normalized spacial score (nSPS) is 10.3. The lowest BCUT2D eigenvalue weighted by molar-refractivity contribution is 0.464. The Morgan fingerprint density at radius 3 is 2.65 bits per heavy atom. The fraction of sp³-hybridized carbons (Fsp3) is 0. The van der Waals surface area contributed by atoms with Gasteiger partial charge in [-0.15, -0.1) is 0 Å². The predicted octanol–water partition coefficient (Wildman–Crippen LogP) is 4.53. The lowest BCUT2D eigenvalue weighted by Gasteiger charge is -2.08. The van der Waals surface area contributed by atoms with Gasteiger partial charge >= 0.3 is 0 Å². The highest BCUT2D eigenvalue weighted by Gasteiger charge is 2.08. The fourth-order valence-electron chi connectivity index (χ4n) is 1.18. The van der Waals surface area contributed by atoms with E-state index in [2.05, 4.69) is 20.9 Å². The molecule has 1 aromatic carbocycles. The molecule has 0 atom stereocenters. The van der Waals surface area contributed by atoms with E-state index in [1.54, 1.807) is 30.3 Å². The molecule has 3 nitrogen and oxygen atoms in total. The van der Waals surface area contributed by atoms with Crippen LogP contribution in [0.1, 0.15) is 0 Å². The molecule has 0 radical (unpaired) electrons. The molecule has 0 saturated carbocycles. The van der Waals surface area contributed by atoms with Crippen LogP contribution in [0.25, 0.3) is 0 Å². The number of nitrogens with zero attached hydrogens (tertiary/aromatic N) is 1. The lowest BCUT2D eigenvalue weighted by Crippen LogP contribution is -1.93. The summed E-state index contributed by atoms with van der Waals surface area (Å²) in [5, 5.41) is 0.943. The van der Waals surface area contributed by atoms with Crippen LogP contribution in [-0.2, 0) is 0 Å². The molecule has 0 aliphatic heterocycles. The van der Waals surface area contributed by atoms with E-state index in [0.29, 0.717) is 32.0 Å². The Kier molecular flexibility index (Phi) is 3.76. The van der Waals surface area contributed by atoms with Crippen molar-refractivity contribution < 1.29 is 4.74 Å². The van der Waals surface area contributed by atoms with E-state index in [-0.39, 0.29) is 0 Å². The zero-order valence-electron chi connectivity index (χ0n) is 8.45. The van der Waals surface area contributed by atoms with Gasteiger partial charge in [0.05, 0.1) is 10.0 Å². The molecule has 0 unspecified atom stereocenters. The first-order valence-corrected chi connectivity index (χ1v) is 6.16. The summed E-state index contributed by atoms with van der Waals surface area (Å²) >= 11 is 15.2. The van der Waals surface area contributed by atoms with Crippen LogP contribution in [0.5, 0.6) is 11.6 Å². The lowest BCUT2D eigenvalue weighted by atomic mass is 10.3. The molecule has 0 bridgehead atoms. The number of ether oxygens (including phenoxy) is 1. The number of nitrogen functional groups attached to an aromatic ring is 1. The van der Waals surface area contributed by atoms with Gasteiger partial charge < -0.3 is 10.5 Å². The molecule has 0 amide bonds. The van der Waals surface area contributed by atoms with Crippen molar-refractivity contribution in [2.75, 3.05) is 5.73 Å². The average Bonchev–Trinajstić information content (AvgIpc) is 2.26. The largest absolute Gasteiger partial charge is 0.437 e. The number of halogens is 3. The number of hydrogen-bond donors (Lipinski definition) is 1. The molecule has 6 heteroatoms. The van der Waals surface area contributed by atoms with E-state index in [1.807, 2.05) is 0 Å². The smallest absolute Gasteiger partial charge is 0.221 e. The molecule has 0 saturated heterocycles. The van der Waals surface area contributed by atoms with Gasteiger partial charge in [-0.25, -0.2) is 0 Å². The molecule has 0 aliphatic carbocycles. The maximum absolute atomic E-state index is 6.02. The third-order valence-corrected chi connectivity index (χ3v) is 3.43. The molecule has 0 aliphatic rings. The first kappa shape index (κ1) is 12.5. The first-order chi connectivity index (χ1) is 8.06. The van der Waals surface area contributed by atoms with Gasteiger partial charge in [0.25, 0.3) is 0 Å². The van der Waals surface area contributed by atoms with Gasteiger partial charge in [-0.1, -0.05) is 29.3 Å². The number of hydrogen-bond acceptors (Lipinski definition) is 3. The SMILES string of the molecule is Nc1cccc(Oc2cc(Cl)c(Br)cc2Cl)n1. The van der Waals surface area contributed by atoms with Crippen molar-refractivity contribution in [1.82, 2.24) is 4.98 Å². The Balaban J connectivity index is 2.33. The van der Waals surface area contributed by atoms with Crippen LogP contribution in [0.15, 0.2) is 34.8 Å². The van der Waals surface area contributed by atoms with Crippen LogP contribution >= 0.6 is 39.1 Å². The average molecular weight is 334 g/mol. The second-order valence-corrected chi connectivity index (χ2v) is 4.87. The van der Waals surface area contributed by atoms with Crippen LogP contribution < -0.4 is 10.5 Å². The zero-order valence-corrected chi connectivity index (χ0v) is 11.6. The highest BCUT2D eigenvalue weighted by atomic mass is 79.9. The van der Waals surface area contributed by atoms with Crippen LogP contribution in [0.2, 0.25) is 10.0 Å². The third kappa shape index (κ3) is 3.03. The van der Waals surface area contributed by atoms with Crippen molar-refractivity contribution in [3.63, 3.8) is 0 Å². The van der Waals surface area contributed by atoms with Crippen molar-refractivity contribution in [3.05, 3.63) is 44.8 Å². The number of rotatable bonds is 2. The highest BCUT2D eigenvalue weighted by molar-refractivity contribution is 9.10. The van der Waals surface area contributed by atoms with Crippen molar-refractivity contribution in [3.8, 4) is 11.6 Å². The molecule has 88 valence electrons. The van der Waals surface area contributed by atoms with Gasteiger partial charge in [-0.3, -0.25) is 0 Å². The van der Waals surface area contributed by atoms with Crippen molar-refractivity contribution >= 4 is 44.9 Å². The van der Waals surface area contributed by atoms with E-state index < -0.39 is 0 Å².